The van der Waals surface area contributed by atoms with Gasteiger partial charge >= 0.3 is 0 Å². The second kappa shape index (κ2) is 5.62. The molecule has 0 aromatic heterocycles. The van der Waals surface area contributed by atoms with E-state index in [-0.39, 0.29) is 0 Å². The summed E-state index contributed by atoms with van der Waals surface area (Å²) in [6.07, 6.45) is 5.61. The summed E-state index contributed by atoms with van der Waals surface area (Å²) >= 11 is 0. The maximum Gasteiger partial charge on any atom is 0.231 e. The number of hydrogen-bond donors (Lipinski definition) is 1. The molecule has 0 spiro atoms. The summed E-state index contributed by atoms with van der Waals surface area (Å²) in [7, 11) is 3.94. The first-order chi connectivity index (χ1) is 11.2. The van der Waals surface area contributed by atoms with Crippen LogP contribution in [0.2, 0.25) is 0 Å². The summed E-state index contributed by atoms with van der Waals surface area (Å²) in [6.45, 7) is 2.18. The van der Waals surface area contributed by atoms with Crippen LogP contribution < -0.4 is 14.8 Å². The van der Waals surface area contributed by atoms with Crippen molar-refractivity contribution in [1.82, 2.24) is 10.2 Å². The fourth-order valence-electron chi connectivity index (χ4n) is 3.61. The van der Waals surface area contributed by atoms with Gasteiger partial charge in [0, 0.05) is 27.2 Å². The third kappa shape index (κ3) is 2.96. The number of benzene rings is 1. The van der Waals surface area contributed by atoms with Crippen LogP contribution in [0.25, 0.3) is 0 Å². The SMILES string of the molecule is CN=C(NCC1(C2CC2)CC1)N(C)Cc1ccc2c(c1)OCO2. The van der Waals surface area contributed by atoms with E-state index in [9.17, 15) is 0 Å². The molecule has 1 aromatic carbocycles. The Hall–Kier alpha value is -1.91. The van der Waals surface area contributed by atoms with Crippen molar-refractivity contribution >= 4 is 5.96 Å². The Kier molecular flexibility index (Phi) is 3.58. The lowest BCUT2D eigenvalue weighted by Crippen LogP contribution is -2.41. The van der Waals surface area contributed by atoms with E-state index in [0.717, 1.165) is 36.5 Å². The summed E-state index contributed by atoms with van der Waals surface area (Å²) in [4.78, 5) is 6.61. The second-order valence-corrected chi connectivity index (χ2v) is 7.08. The molecule has 2 saturated carbocycles. The van der Waals surface area contributed by atoms with Crippen molar-refractivity contribution in [3.63, 3.8) is 0 Å². The van der Waals surface area contributed by atoms with Gasteiger partial charge in [-0.3, -0.25) is 4.99 Å². The monoisotopic (exact) mass is 315 g/mol. The maximum atomic E-state index is 5.45. The largest absolute Gasteiger partial charge is 0.454 e. The fraction of sp³-hybridized carbons (Fsp3) is 0.611. The van der Waals surface area contributed by atoms with Crippen molar-refractivity contribution < 1.29 is 9.47 Å². The van der Waals surface area contributed by atoms with Crippen LogP contribution in [0.1, 0.15) is 31.2 Å². The molecule has 124 valence electrons. The molecule has 2 aliphatic carbocycles. The van der Waals surface area contributed by atoms with E-state index in [2.05, 4.69) is 34.4 Å². The fourth-order valence-corrected chi connectivity index (χ4v) is 3.61. The van der Waals surface area contributed by atoms with Crippen molar-refractivity contribution in [3.8, 4) is 11.5 Å². The van der Waals surface area contributed by atoms with Gasteiger partial charge < -0.3 is 19.7 Å². The highest BCUT2D eigenvalue weighted by Gasteiger charge is 2.53. The van der Waals surface area contributed by atoms with Gasteiger partial charge in [-0.15, -0.1) is 0 Å². The van der Waals surface area contributed by atoms with Crippen LogP contribution in [-0.2, 0) is 6.54 Å². The Labute approximate surface area is 137 Å². The van der Waals surface area contributed by atoms with E-state index in [4.69, 9.17) is 9.47 Å². The second-order valence-electron chi connectivity index (χ2n) is 7.08. The average molecular weight is 315 g/mol. The topological polar surface area (TPSA) is 46.1 Å². The highest BCUT2D eigenvalue weighted by Crippen LogP contribution is 2.60. The van der Waals surface area contributed by atoms with Gasteiger partial charge in [-0.2, -0.15) is 0 Å². The molecule has 0 amide bonds. The lowest BCUT2D eigenvalue weighted by atomic mass is 10.0. The number of hydrogen-bond acceptors (Lipinski definition) is 3. The van der Waals surface area contributed by atoms with Crippen LogP contribution in [-0.4, -0.2) is 38.3 Å². The summed E-state index contributed by atoms with van der Waals surface area (Å²) < 4.78 is 10.8. The van der Waals surface area contributed by atoms with Crippen LogP contribution in [0.5, 0.6) is 11.5 Å². The number of ether oxygens (including phenoxy) is 2. The first-order valence-corrected chi connectivity index (χ1v) is 8.50. The molecule has 3 aliphatic rings. The predicted octanol–water partition coefficient (Wildman–Crippen LogP) is 2.61. The van der Waals surface area contributed by atoms with Crippen molar-refractivity contribution in [3.05, 3.63) is 23.8 Å². The van der Waals surface area contributed by atoms with Crippen molar-refractivity contribution in [2.75, 3.05) is 27.4 Å². The summed E-state index contributed by atoms with van der Waals surface area (Å²) in [5, 5.41) is 3.59. The molecular weight excluding hydrogens is 290 g/mol. The van der Waals surface area contributed by atoms with Gasteiger partial charge in [0.25, 0.3) is 0 Å². The molecule has 0 saturated heterocycles. The van der Waals surface area contributed by atoms with Gasteiger partial charge in [0.1, 0.15) is 0 Å². The number of fused-ring (bicyclic) bond motifs is 1. The molecule has 1 heterocycles. The van der Waals surface area contributed by atoms with Gasteiger partial charge in [-0.05, 0) is 54.7 Å². The Bertz CT molecular complexity index is 621. The minimum absolute atomic E-state index is 0.321. The van der Waals surface area contributed by atoms with Crippen LogP contribution in [0.4, 0.5) is 0 Å². The molecule has 23 heavy (non-hydrogen) atoms. The summed E-state index contributed by atoms with van der Waals surface area (Å²) in [6, 6.07) is 6.12. The van der Waals surface area contributed by atoms with Crippen molar-refractivity contribution in [2.45, 2.75) is 32.2 Å². The van der Waals surface area contributed by atoms with E-state index < -0.39 is 0 Å². The molecule has 0 radical (unpaired) electrons. The quantitative estimate of drug-likeness (QED) is 0.670. The van der Waals surface area contributed by atoms with Crippen LogP contribution in [0.15, 0.2) is 23.2 Å². The van der Waals surface area contributed by atoms with E-state index >= 15 is 0 Å². The number of aliphatic imine (C=N–C) groups is 1. The van der Waals surface area contributed by atoms with Gasteiger partial charge in [-0.1, -0.05) is 6.07 Å². The lowest BCUT2D eigenvalue weighted by Gasteiger charge is -2.24. The third-order valence-corrected chi connectivity index (χ3v) is 5.36. The van der Waals surface area contributed by atoms with Crippen molar-refractivity contribution in [2.24, 2.45) is 16.3 Å². The molecule has 5 nitrogen and oxygen atoms in total. The minimum atomic E-state index is 0.321. The number of guanidine groups is 1. The number of rotatable bonds is 5. The van der Waals surface area contributed by atoms with E-state index in [0.29, 0.717) is 12.2 Å². The molecular formula is C18H25N3O2. The van der Waals surface area contributed by atoms with Crippen LogP contribution in [0.3, 0.4) is 0 Å². The van der Waals surface area contributed by atoms with Crippen LogP contribution >= 0.6 is 0 Å². The highest BCUT2D eigenvalue weighted by atomic mass is 16.7. The zero-order chi connectivity index (χ0) is 15.9. The smallest absolute Gasteiger partial charge is 0.231 e. The molecule has 0 bridgehead atoms. The molecule has 4 rings (SSSR count). The molecule has 1 N–H and O–H groups in total. The Balaban J connectivity index is 1.36. The van der Waals surface area contributed by atoms with Crippen molar-refractivity contribution in [1.29, 1.82) is 0 Å². The van der Waals surface area contributed by atoms with E-state index in [1.54, 1.807) is 0 Å². The zero-order valence-electron chi connectivity index (χ0n) is 14.0. The summed E-state index contributed by atoms with van der Waals surface area (Å²) in [5.41, 5.74) is 1.78. The molecule has 1 aromatic rings. The number of nitrogens with zero attached hydrogens (tertiary/aromatic N) is 2. The molecule has 0 unspecified atom stereocenters. The van der Waals surface area contributed by atoms with Gasteiger partial charge in [0.05, 0.1) is 0 Å². The van der Waals surface area contributed by atoms with E-state index in [1.165, 1.54) is 31.2 Å². The summed E-state index contributed by atoms with van der Waals surface area (Å²) in [5.74, 6) is 3.60. The molecule has 2 fully saturated rings. The normalized spacial score (nSPS) is 21.2. The maximum absolute atomic E-state index is 5.45. The zero-order valence-corrected chi connectivity index (χ0v) is 14.0. The molecule has 0 atom stereocenters. The Morgan fingerprint density at radius 2 is 2.09 bits per heavy atom. The first-order valence-electron chi connectivity index (χ1n) is 8.50. The number of nitrogens with one attached hydrogen (secondary N) is 1. The highest BCUT2D eigenvalue weighted by molar-refractivity contribution is 5.79. The Morgan fingerprint density at radius 1 is 1.30 bits per heavy atom. The minimum Gasteiger partial charge on any atom is -0.454 e. The van der Waals surface area contributed by atoms with Gasteiger partial charge in [0.2, 0.25) is 6.79 Å². The standard InChI is InChI=1S/C18H25N3O2/c1-19-17(20-11-18(7-8-18)14-4-5-14)21(2)10-13-3-6-15-16(9-13)23-12-22-15/h3,6,9,14H,4-5,7-8,10-12H2,1-2H3,(H,19,20). The van der Waals surface area contributed by atoms with Gasteiger partial charge in [0.15, 0.2) is 17.5 Å². The van der Waals surface area contributed by atoms with Gasteiger partial charge in [-0.25, -0.2) is 0 Å². The molecule has 1 aliphatic heterocycles. The lowest BCUT2D eigenvalue weighted by molar-refractivity contribution is 0.174. The first kappa shape index (κ1) is 14.7. The van der Waals surface area contributed by atoms with E-state index in [1.807, 2.05) is 13.1 Å². The molecule has 5 heteroatoms. The third-order valence-electron chi connectivity index (χ3n) is 5.36. The predicted molar refractivity (Wildman–Crippen MR) is 89.8 cm³/mol. The Morgan fingerprint density at radius 3 is 2.78 bits per heavy atom. The van der Waals surface area contributed by atoms with Crippen LogP contribution in [0, 0.1) is 11.3 Å². The average Bonchev–Trinajstić information content (AvgIpc) is 3.45.